The lowest BCUT2D eigenvalue weighted by Crippen LogP contribution is -2.46. The summed E-state index contributed by atoms with van der Waals surface area (Å²) in [5, 5.41) is 3.46. The van der Waals surface area contributed by atoms with Crippen molar-refractivity contribution in [3.63, 3.8) is 0 Å². The first kappa shape index (κ1) is 25.8. The third-order valence-electron chi connectivity index (χ3n) is 4.78. The van der Waals surface area contributed by atoms with Crippen LogP contribution in [0.2, 0.25) is 0 Å². The van der Waals surface area contributed by atoms with E-state index in [1.807, 2.05) is 32.2 Å². The van der Waals surface area contributed by atoms with Crippen molar-refractivity contribution in [1.29, 1.82) is 0 Å². The zero-order valence-electron chi connectivity index (χ0n) is 18.1. The molecule has 0 aromatic heterocycles. The molecular weight excluding hydrogens is 485 g/mol. The second kappa shape index (κ2) is 14.7. The van der Waals surface area contributed by atoms with Crippen LogP contribution in [0.3, 0.4) is 0 Å². The number of aliphatic imine (C=N–C) groups is 1. The number of rotatable bonds is 10. The molecule has 1 aromatic rings. The molecule has 1 fully saturated rings. The van der Waals surface area contributed by atoms with Crippen molar-refractivity contribution in [2.45, 2.75) is 38.8 Å². The van der Waals surface area contributed by atoms with E-state index < -0.39 is 0 Å². The predicted octanol–water partition coefficient (Wildman–Crippen LogP) is 3.30. The van der Waals surface area contributed by atoms with Crippen molar-refractivity contribution in [2.24, 2.45) is 4.99 Å². The summed E-state index contributed by atoms with van der Waals surface area (Å²) < 4.78 is 22.0. The molecular formula is C21H36IN3O4. The average Bonchev–Trinajstić information content (AvgIpc) is 2.73. The van der Waals surface area contributed by atoms with Crippen LogP contribution < -0.4 is 14.8 Å². The second-order valence-electron chi connectivity index (χ2n) is 6.72. The Morgan fingerprint density at radius 2 is 1.93 bits per heavy atom. The van der Waals surface area contributed by atoms with Gasteiger partial charge in [0.25, 0.3) is 0 Å². The van der Waals surface area contributed by atoms with Crippen LogP contribution in [0.5, 0.6) is 11.5 Å². The van der Waals surface area contributed by atoms with Gasteiger partial charge in [0.15, 0.2) is 17.5 Å². The van der Waals surface area contributed by atoms with Gasteiger partial charge in [0.2, 0.25) is 0 Å². The summed E-state index contributed by atoms with van der Waals surface area (Å²) in [6.07, 6.45) is 3.32. The zero-order valence-corrected chi connectivity index (χ0v) is 20.4. The first-order valence-corrected chi connectivity index (χ1v) is 10.1. The molecule has 0 bridgehead atoms. The maximum Gasteiger partial charge on any atom is 0.193 e. The lowest BCUT2D eigenvalue weighted by molar-refractivity contribution is 0.00989. The molecule has 166 valence electrons. The number of nitrogens with zero attached hydrogens (tertiary/aromatic N) is 2. The molecule has 0 saturated carbocycles. The van der Waals surface area contributed by atoms with Crippen LogP contribution in [0.25, 0.3) is 0 Å². The third kappa shape index (κ3) is 8.55. The smallest absolute Gasteiger partial charge is 0.193 e. The summed E-state index contributed by atoms with van der Waals surface area (Å²) in [4.78, 5) is 6.74. The van der Waals surface area contributed by atoms with Gasteiger partial charge in [0.1, 0.15) is 0 Å². The van der Waals surface area contributed by atoms with Crippen LogP contribution in [-0.4, -0.2) is 71.1 Å². The summed E-state index contributed by atoms with van der Waals surface area (Å²) in [6, 6.07) is 6.00. The molecule has 8 heteroatoms. The number of nitrogens with one attached hydrogen (secondary N) is 1. The van der Waals surface area contributed by atoms with Crippen molar-refractivity contribution in [3.8, 4) is 11.5 Å². The third-order valence-corrected chi connectivity index (χ3v) is 4.78. The molecule has 1 heterocycles. The van der Waals surface area contributed by atoms with Crippen LogP contribution in [-0.2, 0) is 16.0 Å². The van der Waals surface area contributed by atoms with Crippen LogP contribution in [0, 0.1) is 0 Å². The molecule has 1 aliphatic heterocycles. The number of halogens is 1. The Morgan fingerprint density at radius 3 is 2.55 bits per heavy atom. The largest absolute Gasteiger partial charge is 0.493 e. The number of piperidine rings is 1. The quantitative estimate of drug-likeness (QED) is 0.221. The van der Waals surface area contributed by atoms with E-state index in [4.69, 9.17) is 18.9 Å². The molecule has 0 amide bonds. The summed E-state index contributed by atoms with van der Waals surface area (Å²) >= 11 is 0. The predicted molar refractivity (Wildman–Crippen MR) is 127 cm³/mol. The van der Waals surface area contributed by atoms with Crippen LogP contribution >= 0.6 is 24.0 Å². The van der Waals surface area contributed by atoms with Gasteiger partial charge in [-0.25, -0.2) is 0 Å². The highest BCUT2D eigenvalue weighted by atomic mass is 127. The van der Waals surface area contributed by atoms with Gasteiger partial charge >= 0.3 is 0 Å². The van der Waals surface area contributed by atoms with E-state index in [-0.39, 0.29) is 24.0 Å². The fourth-order valence-electron chi connectivity index (χ4n) is 3.30. The molecule has 0 radical (unpaired) electrons. The van der Waals surface area contributed by atoms with E-state index in [1.54, 1.807) is 14.2 Å². The summed E-state index contributed by atoms with van der Waals surface area (Å²) in [6.45, 7) is 6.68. The number of likely N-dealkylation sites (tertiary alicyclic amines) is 1. The fraction of sp³-hybridized carbons (Fsp3) is 0.667. The number of ether oxygens (including phenoxy) is 4. The number of methoxy groups -OCH3 is 2. The number of hydrogen-bond donors (Lipinski definition) is 1. The van der Waals surface area contributed by atoms with Crippen LogP contribution in [0.4, 0.5) is 0 Å². The summed E-state index contributed by atoms with van der Waals surface area (Å²) in [5.74, 6) is 2.44. The van der Waals surface area contributed by atoms with E-state index in [9.17, 15) is 0 Å². The molecule has 1 saturated heterocycles. The molecule has 1 aromatic carbocycles. The minimum Gasteiger partial charge on any atom is -0.493 e. The lowest BCUT2D eigenvalue weighted by Gasteiger charge is -2.34. The zero-order chi connectivity index (χ0) is 20.2. The molecule has 1 N–H and O–H groups in total. The highest BCUT2D eigenvalue weighted by Crippen LogP contribution is 2.28. The van der Waals surface area contributed by atoms with E-state index in [0.717, 1.165) is 68.6 Å². The van der Waals surface area contributed by atoms with Gasteiger partial charge in [0.05, 0.1) is 19.8 Å². The molecule has 1 aliphatic rings. The first-order chi connectivity index (χ1) is 13.7. The van der Waals surface area contributed by atoms with Crippen molar-refractivity contribution >= 4 is 29.9 Å². The normalized spacial score (nSPS) is 15.0. The van der Waals surface area contributed by atoms with Crippen molar-refractivity contribution in [1.82, 2.24) is 10.2 Å². The van der Waals surface area contributed by atoms with E-state index in [0.29, 0.717) is 19.3 Å². The average molecular weight is 521 g/mol. The molecule has 0 unspecified atom stereocenters. The molecule has 0 aliphatic carbocycles. The summed E-state index contributed by atoms with van der Waals surface area (Å²) in [7, 11) is 5.21. The van der Waals surface area contributed by atoms with Gasteiger partial charge < -0.3 is 29.2 Å². The minimum absolute atomic E-state index is 0. The van der Waals surface area contributed by atoms with Crippen LogP contribution in [0.15, 0.2) is 23.2 Å². The van der Waals surface area contributed by atoms with E-state index in [2.05, 4.69) is 15.2 Å². The Bertz CT molecular complexity index is 608. The van der Waals surface area contributed by atoms with Gasteiger partial charge in [-0.05, 0) is 43.9 Å². The van der Waals surface area contributed by atoms with Gasteiger partial charge in [-0.15, -0.1) is 24.0 Å². The Hall–Kier alpha value is -1.26. The monoisotopic (exact) mass is 521 g/mol. The van der Waals surface area contributed by atoms with Crippen molar-refractivity contribution in [2.75, 3.05) is 54.2 Å². The maximum atomic E-state index is 5.94. The van der Waals surface area contributed by atoms with E-state index >= 15 is 0 Å². The highest BCUT2D eigenvalue weighted by molar-refractivity contribution is 14.0. The van der Waals surface area contributed by atoms with Crippen molar-refractivity contribution < 1.29 is 18.9 Å². The Labute approximate surface area is 192 Å². The second-order valence-corrected chi connectivity index (χ2v) is 6.72. The Balaban J connectivity index is 0.00000420. The topological polar surface area (TPSA) is 64.6 Å². The minimum atomic E-state index is 0. The van der Waals surface area contributed by atoms with Gasteiger partial charge in [-0.3, -0.25) is 4.99 Å². The highest BCUT2D eigenvalue weighted by Gasteiger charge is 2.21. The molecule has 0 atom stereocenters. The first-order valence-electron chi connectivity index (χ1n) is 10.1. The summed E-state index contributed by atoms with van der Waals surface area (Å²) in [5.41, 5.74) is 1.13. The number of guanidine groups is 1. The lowest BCUT2D eigenvalue weighted by atomic mass is 10.1. The number of hydrogen-bond acceptors (Lipinski definition) is 5. The van der Waals surface area contributed by atoms with Gasteiger partial charge in [0, 0.05) is 47.0 Å². The molecule has 29 heavy (non-hydrogen) atoms. The number of benzene rings is 1. The fourth-order valence-corrected chi connectivity index (χ4v) is 3.30. The van der Waals surface area contributed by atoms with Crippen LogP contribution in [0.1, 0.15) is 31.7 Å². The van der Waals surface area contributed by atoms with Crippen molar-refractivity contribution in [3.05, 3.63) is 23.8 Å². The SMILES string of the molecule is CCOc1cc(CNC(=NC)N2CCC(OCCCOC)CC2)ccc1OC.I. The Kier molecular flexibility index (Phi) is 13.0. The van der Waals surface area contributed by atoms with E-state index in [1.165, 1.54) is 0 Å². The van der Waals surface area contributed by atoms with Gasteiger partial charge in [-0.1, -0.05) is 6.07 Å². The molecule has 0 spiro atoms. The standard InChI is InChI=1S/C21H35N3O4.HI/c1-5-27-20-15-17(7-8-19(20)26-4)16-23-21(22-2)24-11-9-18(10-12-24)28-14-6-13-25-3;/h7-8,15,18H,5-6,9-14,16H2,1-4H3,(H,22,23);1H. The van der Waals surface area contributed by atoms with Gasteiger partial charge in [-0.2, -0.15) is 0 Å². The maximum absolute atomic E-state index is 5.94. The molecule has 7 nitrogen and oxygen atoms in total. The Morgan fingerprint density at radius 1 is 1.17 bits per heavy atom. The molecule has 2 rings (SSSR count).